The number of hydrogen-bond donors (Lipinski definition) is 3. The average Bonchev–Trinajstić information content (AvgIpc) is 3.32. The van der Waals surface area contributed by atoms with Gasteiger partial charge < -0.3 is 20.5 Å². The predicted molar refractivity (Wildman–Crippen MR) is 133 cm³/mol. The van der Waals surface area contributed by atoms with Gasteiger partial charge in [-0.1, -0.05) is 26.0 Å². The van der Waals surface area contributed by atoms with Gasteiger partial charge in [0.15, 0.2) is 0 Å². The molecule has 0 spiro atoms. The Morgan fingerprint density at radius 1 is 1.27 bits per heavy atom. The van der Waals surface area contributed by atoms with Gasteiger partial charge in [-0.25, -0.2) is 4.79 Å². The monoisotopic (exact) mass is 513 g/mol. The summed E-state index contributed by atoms with van der Waals surface area (Å²) in [7, 11) is 0. The van der Waals surface area contributed by atoms with Gasteiger partial charge in [-0.3, -0.25) is 24.4 Å². The van der Waals surface area contributed by atoms with E-state index in [0.29, 0.717) is 18.4 Å². The number of carboxylic acid groups (broad SMARTS) is 1. The first kappa shape index (κ1) is 27.5. The van der Waals surface area contributed by atoms with E-state index in [2.05, 4.69) is 15.7 Å². The average molecular weight is 514 g/mol. The lowest BCUT2D eigenvalue weighted by Gasteiger charge is -2.38. The van der Waals surface area contributed by atoms with Gasteiger partial charge in [0.05, 0.1) is 47.5 Å². The van der Waals surface area contributed by atoms with E-state index in [9.17, 15) is 29.6 Å². The summed E-state index contributed by atoms with van der Waals surface area (Å²) < 4.78 is 7.60. The second kappa shape index (κ2) is 12.3. The molecule has 1 aromatic carbocycles. The number of nitro benzene ring substituents is 1. The highest BCUT2D eigenvalue weighted by molar-refractivity contribution is 5.94. The van der Waals surface area contributed by atoms with E-state index in [0.717, 1.165) is 0 Å². The minimum Gasteiger partial charge on any atom is -0.478 e. The van der Waals surface area contributed by atoms with Crippen molar-refractivity contribution in [3.8, 4) is 0 Å². The number of nitrogens with one attached hydrogen (secondary N) is 2. The zero-order valence-electron chi connectivity index (χ0n) is 20.9. The molecule has 0 aliphatic heterocycles. The Morgan fingerprint density at radius 3 is 2.62 bits per heavy atom. The van der Waals surface area contributed by atoms with Gasteiger partial charge in [0.1, 0.15) is 0 Å². The van der Waals surface area contributed by atoms with Crippen LogP contribution in [0.4, 0.5) is 5.69 Å². The number of carboxylic acids is 1. The van der Waals surface area contributed by atoms with Gasteiger partial charge in [-0.15, -0.1) is 0 Å². The largest absolute Gasteiger partial charge is 0.478 e. The van der Waals surface area contributed by atoms with Crippen molar-refractivity contribution in [2.45, 2.75) is 70.9 Å². The van der Waals surface area contributed by atoms with Gasteiger partial charge in [0, 0.05) is 37.2 Å². The van der Waals surface area contributed by atoms with Crippen LogP contribution in [0.1, 0.15) is 56.0 Å². The minimum atomic E-state index is -1.12. The van der Waals surface area contributed by atoms with Crippen LogP contribution in [0, 0.1) is 10.1 Å². The van der Waals surface area contributed by atoms with E-state index in [4.69, 9.17) is 4.74 Å². The molecule has 3 N–H and O–H groups in total. The van der Waals surface area contributed by atoms with Gasteiger partial charge in [-0.05, 0) is 24.5 Å². The molecule has 2 amide bonds. The number of ether oxygens (including phenoxy) is 1. The molecule has 0 saturated heterocycles. The van der Waals surface area contributed by atoms with Crippen LogP contribution in [0.15, 0.2) is 48.3 Å². The van der Waals surface area contributed by atoms with Crippen LogP contribution in [-0.4, -0.2) is 61.9 Å². The Kier molecular flexibility index (Phi) is 9.12. The van der Waals surface area contributed by atoms with Crippen molar-refractivity contribution in [1.29, 1.82) is 0 Å². The van der Waals surface area contributed by atoms with Gasteiger partial charge >= 0.3 is 5.97 Å². The molecule has 198 valence electrons. The topological polar surface area (TPSA) is 166 Å². The summed E-state index contributed by atoms with van der Waals surface area (Å²) in [6.07, 6.45) is 4.88. The van der Waals surface area contributed by atoms with Crippen LogP contribution < -0.4 is 10.6 Å². The smallest absolute Gasteiger partial charge is 0.331 e. The molecule has 0 saturated carbocycles. The zero-order valence-corrected chi connectivity index (χ0v) is 20.9. The summed E-state index contributed by atoms with van der Waals surface area (Å²) in [6.45, 7) is 5.47. The van der Waals surface area contributed by atoms with Crippen molar-refractivity contribution >= 4 is 23.5 Å². The fraction of sp³-hybridized carbons (Fsp3) is 0.440. The summed E-state index contributed by atoms with van der Waals surface area (Å²) in [5.74, 6) is -1.96. The molecule has 12 heteroatoms. The Labute approximate surface area is 213 Å². The standard InChI is InChI=1S/C25H31N5O7/c1-4-20(5-2)37-22-11-17(25(33)34)10-21(23(22)27-15(3)31)28-24(32)18-12-26-29(14-18)13-16-7-6-8-19(9-16)30(35)36/h6-9,11-12,14,20-23H,4-5,10,13H2,1-3H3,(H,27,31)(H,28,32)(H,33,34)/t21-,22+,23+/m0/s1. The van der Waals surface area contributed by atoms with Gasteiger partial charge in [0.25, 0.3) is 11.6 Å². The van der Waals surface area contributed by atoms with Crippen LogP contribution in [-0.2, 0) is 20.9 Å². The molecule has 3 rings (SSSR count). The molecule has 2 aromatic rings. The summed E-state index contributed by atoms with van der Waals surface area (Å²) in [5, 5.41) is 30.5. The van der Waals surface area contributed by atoms with Crippen LogP contribution in [0.3, 0.4) is 0 Å². The van der Waals surface area contributed by atoms with E-state index < -0.39 is 35.0 Å². The van der Waals surface area contributed by atoms with Gasteiger partial charge in [0.2, 0.25) is 5.91 Å². The lowest BCUT2D eigenvalue weighted by Crippen LogP contribution is -2.59. The van der Waals surface area contributed by atoms with Crippen LogP contribution in [0.2, 0.25) is 0 Å². The predicted octanol–water partition coefficient (Wildman–Crippen LogP) is 2.43. The molecular formula is C25H31N5O7. The molecule has 0 bridgehead atoms. The third-order valence-electron chi connectivity index (χ3n) is 6.18. The Morgan fingerprint density at radius 2 is 2.00 bits per heavy atom. The number of nitrogens with zero attached hydrogens (tertiary/aromatic N) is 3. The highest BCUT2D eigenvalue weighted by Gasteiger charge is 2.38. The third kappa shape index (κ3) is 7.23. The van der Waals surface area contributed by atoms with Crippen molar-refractivity contribution in [2.24, 2.45) is 0 Å². The SMILES string of the molecule is CCC(CC)O[C@@H]1C=C(C(=O)O)C[C@H](NC(=O)c2cnn(Cc3cccc([N+](=O)[O-])c3)c2)[C@H]1NC(C)=O. The summed E-state index contributed by atoms with van der Waals surface area (Å²) >= 11 is 0. The number of aromatic nitrogens is 2. The van der Waals surface area contributed by atoms with Crippen molar-refractivity contribution in [1.82, 2.24) is 20.4 Å². The normalized spacial score (nSPS) is 19.2. The molecule has 12 nitrogen and oxygen atoms in total. The summed E-state index contributed by atoms with van der Waals surface area (Å²) in [4.78, 5) is 47.4. The molecule has 1 aliphatic carbocycles. The lowest BCUT2D eigenvalue weighted by molar-refractivity contribution is -0.384. The second-order valence-corrected chi connectivity index (χ2v) is 8.90. The van der Waals surface area contributed by atoms with Crippen LogP contribution in [0.25, 0.3) is 0 Å². The number of amides is 2. The van der Waals surface area contributed by atoms with Crippen molar-refractivity contribution < 1.29 is 29.2 Å². The maximum atomic E-state index is 13.1. The lowest BCUT2D eigenvalue weighted by atomic mass is 9.87. The first-order valence-electron chi connectivity index (χ1n) is 12.0. The molecule has 1 heterocycles. The first-order valence-corrected chi connectivity index (χ1v) is 12.0. The first-order chi connectivity index (χ1) is 17.6. The molecule has 0 unspecified atom stereocenters. The van der Waals surface area contributed by atoms with Crippen molar-refractivity contribution in [3.05, 3.63) is 69.5 Å². The van der Waals surface area contributed by atoms with Crippen LogP contribution >= 0.6 is 0 Å². The fourth-order valence-electron chi connectivity index (χ4n) is 4.28. The second-order valence-electron chi connectivity index (χ2n) is 8.90. The quantitative estimate of drug-likeness (QED) is 0.304. The number of nitro groups is 1. The molecule has 37 heavy (non-hydrogen) atoms. The maximum Gasteiger partial charge on any atom is 0.331 e. The van der Waals surface area contributed by atoms with Crippen LogP contribution in [0.5, 0.6) is 0 Å². The number of non-ortho nitro benzene ring substituents is 1. The number of rotatable bonds is 11. The molecule has 3 atom stereocenters. The highest BCUT2D eigenvalue weighted by atomic mass is 16.6. The molecule has 0 radical (unpaired) electrons. The number of hydrogen-bond acceptors (Lipinski definition) is 7. The van der Waals surface area contributed by atoms with E-state index in [-0.39, 0.29) is 41.8 Å². The molecule has 1 aromatic heterocycles. The van der Waals surface area contributed by atoms with E-state index in [1.165, 1.54) is 42.2 Å². The maximum absolute atomic E-state index is 13.1. The summed E-state index contributed by atoms with van der Waals surface area (Å²) in [5.41, 5.74) is 0.899. The zero-order chi connectivity index (χ0) is 27.1. The summed E-state index contributed by atoms with van der Waals surface area (Å²) in [6, 6.07) is 4.69. The highest BCUT2D eigenvalue weighted by Crippen LogP contribution is 2.25. The Hall–Kier alpha value is -4.06. The third-order valence-corrected chi connectivity index (χ3v) is 6.18. The Balaban J connectivity index is 1.79. The number of benzene rings is 1. The van der Waals surface area contributed by atoms with E-state index in [1.54, 1.807) is 12.1 Å². The fourth-order valence-corrected chi connectivity index (χ4v) is 4.28. The minimum absolute atomic E-state index is 0.00336. The Bertz CT molecular complexity index is 1190. The number of aliphatic carboxylic acids is 1. The molecular weight excluding hydrogens is 482 g/mol. The number of carbonyl (C=O) groups is 3. The van der Waals surface area contributed by atoms with E-state index in [1.807, 2.05) is 13.8 Å². The van der Waals surface area contributed by atoms with Crippen molar-refractivity contribution in [3.63, 3.8) is 0 Å². The van der Waals surface area contributed by atoms with E-state index >= 15 is 0 Å². The van der Waals surface area contributed by atoms with Gasteiger partial charge in [-0.2, -0.15) is 5.10 Å². The van der Waals surface area contributed by atoms with Crippen molar-refractivity contribution in [2.75, 3.05) is 0 Å². The number of carbonyl (C=O) groups excluding carboxylic acids is 2. The molecule has 0 fully saturated rings. The molecule has 1 aliphatic rings.